The van der Waals surface area contributed by atoms with Gasteiger partial charge in [0.1, 0.15) is 0 Å². The van der Waals surface area contributed by atoms with Crippen molar-refractivity contribution in [3.8, 4) is 0 Å². The van der Waals surface area contributed by atoms with Gasteiger partial charge in [0.2, 0.25) is 5.91 Å². The Balaban J connectivity index is 3.89. The van der Waals surface area contributed by atoms with Crippen LogP contribution in [0.1, 0.15) is 388 Å². The Morgan fingerprint density at radius 2 is 0.485 bits per heavy atom. The average molecular weight is 953 g/mol. The maximum Gasteiger partial charge on any atom is 0.233 e. The number of likely N-dealkylation sites (tertiary alicyclic amines) is 1. The normalized spacial score (nSPS) is 15.3. The molecule has 2 nitrogen and oxygen atoms in total. The van der Waals surface area contributed by atoms with E-state index in [2.05, 4.69) is 59.2 Å². The fourth-order valence-electron chi connectivity index (χ4n) is 13.6. The number of hydrogen-bond acceptors (Lipinski definition) is 1. The smallest absolute Gasteiger partial charge is 0.233 e. The van der Waals surface area contributed by atoms with Gasteiger partial charge in [-0.15, -0.1) is 0 Å². The molecule has 0 spiro atoms. The van der Waals surface area contributed by atoms with Crippen LogP contribution in [0.2, 0.25) is 0 Å². The molecule has 0 unspecified atom stereocenters. The SMILES string of the molecule is C=CN1C(=O)C(CCCCCCCCCC)(CCCCCCCCCC)C(CCCCCCCCCC)(CCCCCCCCCC)C1(CCCCCCCCCC)CCCCCCCCCC. The molecule has 1 heterocycles. The van der Waals surface area contributed by atoms with Crippen LogP contribution >= 0.6 is 0 Å². The molecule has 0 bridgehead atoms. The molecule has 1 amide bonds. The summed E-state index contributed by atoms with van der Waals surface area (Å²) in [5.41, 5.74) is -0.326. The molecule has 0 aromatic rings. The van der Waals surface area contributed by atoms with Gasteiger partial charge in [0.05, 0.1) is 11.0 Å². The van der Waals surface area contributed by atoms with Crippen LogP contribution in [0.25, 0.3) is 0 Å². The molecular weight excluding hydrogens is 823 g/mol. The molecule has 0 saturated carbocycles. The predicted molar refractivity (Wildman–Crippen MR) is 308 cm³/mol. The van der Waals surface area contributed by atoms with Crippen molar-refractivity contribution in [2.75, 3.05) is 0 Å². The third-order valence-corrected chi connectivity index (χ3v) is 17.8. The zero-order valence-electron chi connectivity index (χ0n) is 48.3. The highest BCUT2D eigenvalue weighted by Crippen LogP contribution is 2.69. The van der Waals surface area contributed by atoms with Crippen LogP contribution < -0.4 is 0 Å². The van der Waals surface area contributed by atoms with Gasteiger partial charge >= 0.3 is 0 Å². The second kappa shape index (κ2) is 46.0. The topological polar surface area (TPSA) is 20.3 Å². The number of nitrogens with zero attached hydrogens (tertiary/aromatic N) is 1. The lowest BCUT2D eigenvalue weighted by atomic mass is 9.48. The number of unbranched alkanes of at least 4 members (excludes halogenated alkanes) is 42. The largest absolute Gasteiger partial charge is 0.312 e. The molecule has 0 radical (unpaired) electrons. The van der Waals surface area contributed by atoms with Crippen LogP contribution in [0, 0.1) is 10.8 Å². The third-order valence-electron chi connectivity index (χ3n) is 17.8. The minimum atomic E-state index is -0.256. The van der Waals surface area contributed by atoms with Gasteiger partial charge < -0.3 is 4.90 Å². The van der Waals surface area contributed by atoms with Crippen LogP contribution in [0.15, 0.2) is 12.8 Å². The van der Waals surface area contributed by atoms with E-state index in [0.717, 1.165) is 12.8 Å². The van der Waals surface area contributed by atoms with Crippen LogP contribution in [0.5, 0.6) is 0 Å². The molecule has 0 aromatic heterocycles. The quantitative estimate of drug-likeness (QED) is 0.0557. The predicted octanol–water partition coefficient (Wildman–Crippen LogP) is 23.9. The number of rotatable bonds is 55. The fraction of sp³-hybridized carbons (Fsp3) is 0.955. The molecule has 0 aromatic carbocycles. The van der Waals surface area contributed by atoms with Gasteiger partial charge in [-0.05, 0) is 38.5 Å². The van der Waals surface area contributed by atoms with Gasteiger partial charge in [0.15, 0.2) is 0 Å². The van der Waals surface area contributed by atoms with Crippen molar-refractivity contribution in [3.05, 3.63) is 12.8 Å². The highest BCUT2D eigenvalue weighted by atomic mass is 16.2. The average Bonchev–Trinajstić information content (AvgIpc) is 3.50. The van der Waals surface area contributed by atoms with Crippen LogP contribution in [0.3, 0.4) is 0 Å². The molecule has 1 rings (SSSR count). The van der Waals surface area contributed by atoms with E-state index >= 15 is 4.79 Å². The Bertz CT molecular complexity index is 1020. The summed E-state index contributed by atoms with van der Waals surface area (Å²) >= 11 is 0. The summed E-state index contributed by atoms with van der Waals surface area (Å²) in [5.74, 6) is 0.552. The molecule has 2 heteroatoms. The number of hydrogen-bond donors (Lipinski definition) is 0. The van der Waals surface area contributed by atoms with Crippen molar-refractivity contribution in [1.29, 1.82) is 0 Å². The second-order valence-electron chi connectivity index (χ2n) is 23.4. The van der Waals surface area contributed by atoms with Crippen molar-refractivity contribution in [2.24, 2.45) is 10.8 Å². The summed E-state index contributed by atoms with van der Waals surface area (Å²) in [7, 11) is 0. The van der Waals surface area contributed by atoms with Gasteiger partial charge in [-0.2, -0.15) is 0 Å². The summed E-state index contributed by atoms with van der Waals surface area (Å²) in [4.78, 5) is 18.8. The van der Waals surface area contributed by atoms with E-state index in [1.807, 2.05) is 0 Å². The third kappa shape index (κ3) is 26.2. The van der Waals surface area contributed by atoms with Gasteiger partial charge in [-0.25, -0.2) is 0 Å². The first-order valence-corrected chi connectivity index (χ1v) is 32.4. The lowest BCUT2D eigenvalue weighted by Crippen LogP contribution is -2.56. The van der Waals surface area contributed by atoms with E-state index in [9.17, 15) is 0 Å². The molecule has 404 valence electrons. The Kier molecular flexibility index (Phi) is 44.2. The standard InChI is InChI=1S/C66H129NO/c1-8-15-21-27-33-39-45-51-57-64(58-52-46-40-34-28-22-16-9-2)63(68)67(14-7)66(61-55-49-43-37-31-25-19-12-5,62-56-50-44-38-32-26-20-13-6)65(64,59-53-47-41-35-29-23-17-10-3)60-54-48-42-36-30-24-18-11-4/h14H,7-13,15-62H2,1-6H3. The molecule has 1 fully saturated rings. The van der Waals surface area contributed by atoms with Gasteiger partial charge in [-0.3, -0.25) is 4.79 Å². The van der Waals surface area contributed by atoms with E-state index < -0.39 is 0 Å². The van der Waals surface area contributed by atoms with Gasteiger partial charge in [0.25, 0.3) is 0 Å². The van der Waals surface area contributed by atoms with Crippen molar-refractivity contribution in [1.82, 2.24) is 4.90 Å². The molecule has 1 aliphatic heterocycles. The minimum Gasteiger partial charge on any atom is -0.312 e. The van der Waals surface area contributed by atoms with Crippen molar-refractivity contribution >= 4 is 5.91 Å². The zero-order valence-corrected chi connectivity index (χ0v) is 48.3. The van der Waals surface area contributed by atoms with E-state index in [0.29, 0.717) is 5.91 Å². The summed E-state index contributed by atoms with van der Waals surface area (Å²) in [6.07, 6.45) is 74.6. The number of amides is 1. The van der Waals surface area contributed by atoms with Crippen LogP contribution in [-0.2, 0) is 4.79 Å². The Labute approximate surface area is 431 Å². The summed E-state index contributed by atoms with van der Waals surface area (Å²) < 4.78 is 0. The first-order valence-electron chi connectivity index (χ1n) is 32.4. The van der Waals surface area contributed by atoms with Crippen molar-refractivity contribution in [3.63, 3.8) is 0 Å². The van der Waals surface area contributed by atoms with E-state index in [4.69, 9.17) is 0 Å². The molecule has 0 atom stereocenters. The first-order chi connectivity index (χ1) is 33.5. The molecule has 0 N–H and O–H groups in total. The van der Waals surface area contributed by atoms with Crippen molar-refractivity contribution in [2.45, 2.75) is 394 Å². The molecule has 1 aliphatic rings. The van der Waals surface area contributed by atoms with E-state index in [1.54, 1.807) is 0 Å². The Morgan fingerprint density at radius 3 is 0.706 bits per heavy atom. The maximum atomic E-state index is 16.4. The summed E-state index contributed by atoms with van der Waals surface area (Å²) in [5, 5.41) is 0. The molecule has 68 heavy (non-hydrogen) atoms. The molecular formula is C66H129NO. The highest BCUT2D eigenvalue weighted by Gasteiger charge is 2.72. The lowest BCUT2D eigenvalue weighted by molar-refractivity contribution is -0.138. The highest BCUT2D eigenvalue weighted by molar-refractivity contribution is 5.89. The fourth-order valence-corrected chi connectivity index (χ4v) is 13.6. The minimum absolute atomic E-state index is 0.0280. The molecule has 0 aliphatic carbocycles. The monoisotopic (exact) mass is 952 g/mol. The Morgan fingerprint density at radius 1 is 0.294 bits per heavy atom. The number of carbonyl (C=O) groups is 1. The van der Waals surface area contributed by atoms with E-state index in [-0.39, 0.29) is 16.4 Å². The van der Waals surface area contributed by atoms with E-state index in [1.165, 1.54) is 334 Å². The van der Waals surface area contributed by atoms with Gasteiger partial charge in [-0.1, -0.05) is 356 Å². The van der Waals surface area contributed by atoms with Crippen LogP contribution in [0.4, 0.5) is 0 Å². The summed E-state index contributed by atoms with van der Waals surface area (Å²) in [6.45, 7) is 18.7. The number of carbonyl (C=O) groups excluding carboxylic acids is 1. The van der Waals surface area contributed by atoms with Crippen LogP contribution in [-0.4, -0.2) is 16.3 Å². The zero-order chi connectivity index (χ0) is 49.5. The van der Waals surface area contributed by atoms with Gasteiger partial charge in [0, 0.05) is 11.6 Å². The maximum absolute atomic E-state index is 16.4. The Hall–Kier alpha value is -0.790. The summed E-state index contributed by atoms with van der Waals surface area (Å²) in [6, 6.07) is 0. The second-order valence-corrected chi connectivity index (χ2v) is 23.4. The first kappa shape index (κ1) is 65.2. The lowest BCUT2D eigenvalue weighted by Gasteiger charge is -2.55. The molecule has 1 saturated heterocycles. The van der Waals surface area contributed by atoms with Crippen molar-refractivity contribution < 1.29 is 4.79 Å².